The first-order chi connectivity index (χ1) is 8.04. The van der Waals surface area contributed by atoms with Gasteiger partial charge in [0.25, 0.3) is 5.91 Å². The van der Waals surface area contributed by atoms with Gasteiger partial charge in [-0.25, -0.2) is 0 Å². The average molecular weight is 256 g/mol. The second kappa shape index (κ2) is 6.31. The van der Waals surface area contributed by atoms with Gasteiger partial charge in [-0.1, -0.05) is 0 Å². The maximum absolute atomic E-state index is 11.9. The Labute approximate surface area is 102 Å². The molecule has 1 rings (SSSR count). The van der Waals surface area contributed by atoms with Crippen molar-refractivity contribution in [3.05, 3.63) is 24.0 Å². The molecule has 0 saturated carbocycles. The van der Waals surface area contributed by atoms with E-state index in [-0.39, 0.29) is 11.9 Å². The number of anilines is 1. The van der Waals surface area contributed by atoms with Gasteiger partial charge in [0.05, 0.1) is 17.4 Å². The van der Waals surface area contributed by atoms with E-state index in [9.17, 15) is 9.00 Å². The van der Waals surface area contributed by atoms with Crippen LogP contribution >= 0.6 is 0 Å². The Bertz CT molecular complexity index is 425. The molecule has 2 unspecified atom stereocenters. The van der Waals surface area contributed by atoms with E-state index in [1.807, 2.05) is 0 Å². The number of carbonyl (C=O) groups is 1. The van der Waals surface area contributed by atoms with E-state index in [0.717, 1.165) is 0 Å². The van der Waals surface area contributed by atoms with Crippen molar-refractivity contribution >= 4 is 22.4 Å². The molecule has 0 aliphatic carbocycles. The van der Waals surface area contributed by atoms with E-state index in [0.29, 0.717) is 17.0 Å². The third-order valence-electron chi connectivity index (χ3n) is 2.08. The predicted octanol–water partition coefficient (Wildman–Crippen LogP) is -0.136. The number of hydrogen-bond acceptors (Lipinski definition) is 5. The highest BCUT2D eigenvalue weighted by atomic mass is 32.2. The zero-order valence-electron chi connectivity index (χ0n) is 9.77. The number of hydrogen-bond donors (Lipinski definition) is 3. The number of nitrogens with two attached hydrogens (primary N) is 1. The molecule has 1 heterocycles. The first kappa shape index (κ1) is 13.6. The first-order valence-electron chi connectivity index (χ1n) is 5.06. The highest BCUT2D eigenvalue weighted by Gasteiger charge is 2.13. The number of amides is 1. The number of hydrazine groups is 1. The largest absolute Gasteiger partial charge is 0.349 e. The quantitative estimate of drug-likeness (QED) is 0.503. The molecule has 4 N–H and O–H groups in total. The maximum atomic E-state index is 11.9. The van der Waals surface area contributed by atoms with E-state index in [4.69, 9.17) is 5.84 Å². The third-order valence-corrected chi connectivity index (χ3v) is 3.05. The lowest BCUT2D eigenvalue weighted by Crippen LogP contribution is -2.36. The molecule has 94 valence electrons. The Hall–Kier alpha value is -1.47. The molecule has 0 spiro atoms. The van der Waals surface area contributed by atoms with Crippen LogP contribution in [0.15, 0.2) is 18.5 Å². The molecular weight excluding hydrogens is 240 g/mol. The van der Waals surface area contributed by atoms with Crippen LogP contribution in [0.25, 0.3) is 0 Å². The molecule has 1 amide bonds. The van der Waals surface area contributed by atoms with Crippen LogP contribution in [0.3, 0.4) is 0 Å². The minimum Gasteiger partial charge on any atom is -0.349 e. The predicted molar refractivity (Wildman–Crippen MR) is 67.9 cm³/mol. The zero-order chi connectivity index (χ0) is 12.8. The Kier molecular flexibility index (Phi) is 5.05. The van der Waals surface area contributed by atoms with E-state index in [2.05, 4.69) is 15.7 Å². The smallest absolute Gasteiger partial charge is 0.253 e. The van der Waals surface area contributed by atoms with Crippen molar-refractivity contribution in [3.63, 3.8) is 0 Å². The molecule has 0 aliphatic rings. The zero-order valence-corrected chi connectivity index (χ0v) is 10.6. The minimum absolute atomic E-state index is 0.160. The molecule has 17 heavy (non-hydrogen) atoms. The summed E-state index contributed by atoms with van der Waals surface area (Å²) in [5.41, 5.74) is 3.27. The van der Waals surface area contributed by atoms with E-state index < -0.39 is 10.8 Å². The SMILES string of the molecule is CC(CS(C)=O)NC(=O)c1ccncc1NN. The normalized spacial score (nSPS) is 13.8. The van der Waals surface area contributed by atoms with Gasteiger partial charge in [-0.15, -0.1) is 0 Å². The fraction of sp³-hybridized carbons (Fsp3) is 0.400. The topological polar surface area (TPSA) is 97.1 Å². The molecule has 0 fully saturated rings. The van der Waals surface area contributed by atoms with Gasteiger partial charge in [0.15, 0.2) is 0 Å². The first-order valence-corrected chi connectivity index (χ1v) is 6.78. The summed E-state index contributed by atoms with van der Waals surface area (Å²) in [4.78, 5) is 15.7. The van der Waals surface area contributed by atoms with Crippen molar-refractivity contribution in [2.45, 2.75) is 13.0 Å². The van der Waals surface area contributed by atoms with Gasteiger partial charge in [-0.3, -0.25) is 19.8 Å². The van der Waals surface area contributed by atoms with E-state index in [1.54, 1.807) is 19.2 Å². The molecule has 1 aromatic heterocycles. The summed E-state index contributed by atoms with van der Waals surface area (Å²) in [6, 6.07) is 1.41. The summed E-state index contributed by atoms with van der Waals surface area (Å²) in [6.45, 7) is 1.80. The number of carbonyl (C=O) groups excluding carboxylic acids is 1. The molecule has 1 aromatic rings. The fourth-order valence-electron chi connectivity index (χ4n) is 1.40. The molecular formula is C10H16N4O2S. The second-order valence-electron chi connectivity index (χ2n) is 3.68. The standard InChI is InChI=1S/C10H16N4O2S/c1-7(6-17(2)16)13-10(15)8-3-4-12-5-9(8)14-11/h3-5,7,14H,6,11H2,1-2H3,(H,13,15). The number of nitrogens with one attached hydrogen (secondary N) is 2. The monoisotopic (exact) mass is 256 g/mol. The van der Waals surface area contributed by atoms with Crippen molar-refractivity contribution in [2.75, 3.05) is 17.4 Å². The van der Waals surface area contributed by atoms with Crippen LogP contribution in [-0.2, 0) is 10.8 Å². The van der Waals surface area contributed by atoms with Crippen molar-refractivity contribution in [1.82, 2.24) is 10.3 Å². The van der Waals surface area contributed by atoms with Gasteiger partial charge in [-0.2, -0.15) is 0 Å². The fourth-order valence-corrected chi connectivity index (χ4v) is 2.19. The van der Waals surface area contributed by atoms with Gasteiger partial charge in [0, 0.05) is 35.0 Å². The summed E-state index contributed by atoms with van der Waals surface area (Å²) >= 11 is 0. The summed E-state index contributed by atoms with van der Waals surface area (Å²) in [6.07, 6.45) is 4.58. The third kappa shape index (κ3) is 4.12. The molecule has 0 bridgehead atoms. The number of aromatic nitrogens is 1. The maximum Gasteiger partial charge on any atom is 0.253 e. The lowest BCUT2D eigenvalue weighted by atomic mass is 10.2. The highest BCUT2D eigenvalue weighted by Crippen LogP contribution is 2.11. The second-order valence-corrected chi connectivity index (χ2v) is 5.16. The lowest BCUT2D eigenvalue weighted by molar-refractivity contribution is 0.0944. The molecule has 0 saturated heterocycles. The Morgan fingerprint density at radius 2 is 2.35 bits per heavy atom. The van der Waals surface area contributed by atoms with Crippen molar-refractivity contribution < 1.29 is 9.00 Å². The van der Waals surface area contributed by atoms with Gasteiger partial charge in [0.1, 0.15) is 0 Å². The van der Waals surface area contributed by atoms with Crippen molar-refractivity contribution in [1.29, 1.82) is 0 Å². The van der Waals surface area contributed by atoms with Gasteiger partial charge in [0.2, 0.25) is 0 Å². The van der Waals surface area contributed by atoms with E-state index in [1.165, 1.54) is 12.4 Å². The Morgan fingerprint density at radius 3 is 2.94 bits per heavy atom. The van der Waals surface area contributed by atoms with Crippen LogP contribution in [0.1, 0.15) is 17.3 Å². The van der Waals surface area contributed by atoms with Crippen LogP contribution < -0.4 is 16.6 Å². The van der Waals surface area contributed by atoms with Crippen LogP contribution in [0.2, 0.25) is 0 Å². The number of pyridine rings is 1. The number of nitrogen functional groups attached to an aromatic ring is 1. The summed E-state index contributed by atoms with van der Waals surface area (Å²) in [5.74, 6) is 5.43. The van der Waals surface area contributed by atoms with E-state index >= 15 is 0 Å². The van der Waals surface area contributed by atoms with Gasteiger partial charge in [-0.05, 0) is 13.0 Å². The number of nitrogens with zero attached hydrogens (tertiary/aromatic N) is 1. The summed E-state index contributed by atoms with van der Waals surface area (Å²) in [5, 5.41) is 2.75. The summed E-state index contributed by atoms with van der Waals surface area (Å²) < 4.78 is 11.0. The Morgan fingerprint density at radius 1 is 1.65 bits per heavy atom. The van der Waals surface area contributed by atoms with Crippen LogP contribution in [-0.4, -0.2) is 33.2 Å². The molecule has 0 radical (unpaired) electrons. The lowest BCUT2D eigenvalue weighted by Gasteiger charge is -2.14. The van der Waals surface area contributed by atoms with Crippen molar-refractivity contribution in [2.24, 2.45) is 5.84 Å². The van der Waals surface area contributed by atoms with Crippen LogP contribution in [0.4, 0.5) is 5.69 Å². The van der Waals surface area contributed by atoms with Crippen LogP contribution in [0, 0.1) is 0 Å². The Balaban J connectivity index is 2.72. The molecule has 6 nitrogen and oxygen atoms in total. The molecule has 0 aromatic carbocycles. The molecule has 7 heteroatoms. The van der Waals surface area contributed by atoms with Gasteiger partial charge < -0.3 is 10.7 Å². The molecule has 2 atom stereocenters. The van der Waals surface area contributed by atoms with Crippen LogP contribution in [0.5, 0.6) is 0 Å². The highest BCUT2D eigenvalue weighted by molar-refractivity contribution is 7.84. The minimum atomic E-state index is -0.943. The average Bonchev–Trinajstić information content (AvgIpc) is 2.27. The molecule has 0 aliphatic heterocycles. The van der Waals surface area contributed by atoms with Crippen molar-refractivity contribution in [3.8, 4) is 0 Å². The van der Waals surface area contributed by atoms with Gasteiger partial charge >= 0.3 is 0 Å². The summed E-state index contributed by atoms with van der Waals surface area (Å²) in [7, 11) is -0.943. The number of rotatable bonds is 5.